The lowest BCUT2D eigenvalue weighted by Crippen LogP contribution is -2.37. The number of imidazole rings is 1. The number of nitrogens with zero attached hydrogens (tertiary/aromatic N) is 2. The van der Waals surface area contributed by atoms with Gasteiger partial charge < -0.3 is 9.67 Å². The molecule has 78 valence electrons. The normalized spacial score (nSPS) is 30.9. The third-order valence-electron chi connectivity index (χ3n) is 3.59. The Morgan fingerprint density at radius 2 is 2.14 bits per heavy atom. The minimum atomic E-state index is -0.728. The summed E-state index contributed by atoms with van der Waals surface area (Å²) in [6, 6.07) is 0. The second-order valence-electron chi connectivity index (χ2n) is 5.02. The summed E-state index contributed by atoms with van der Waals surface area (Å²) < 4.78 is 1.89. The number of rotatable bonds is 1. The fourth-order valence-corrected chi connectivity index (χ4v) is 2.43. The van der Waals surface area contributed by atoms with Crippen LogP contribution >= 0.6 is 0 Å². The highest BCUT2D eigenvalue weighted by molar-refractivity contribution is 5.16. The molecule has 0 aliphatic heterocycles. The van der Waals surface area contributed by atoms with Crippen LogP contribution in [0.2, 0.25) is 0 Å². The van der Waals surface area contributed by atoms with Crippen LogP contribution < -0.4 is 0 Å². The van der Waals surface area contributed by atoms with Gasteiger partial charge in [0.1, 0.15) is 5.60 Å². The predicted molar refractivity (Wildman–Crippen MR) is 54.7 cm³/mol. The molecule has 1 N–H and O–H groups in total. The van der Waals surface area contributed by atoms with Crippen molar-refractivity contribution >= 4 is 0 Å². The van der Waals surface area contributed by atoms with Crippen molar-refractivity contribution in [3.8, 4) is 0 Å². The lowest BCUT2D eigenvalue weighted by molar-refractivity contribution is -0.0519. The first kappa shape index (κ1) is 9.71. The molecule has 1 atom stereocenters. The molecule has 14 heavy (non-hydrogen) atoms. The summed E-state index contributed by atoms with van der Waals surface area (Å²) in [5, 5.41) is 10.6. The van der Waals surface area contributed by atoms with Crippen LogP contribution in [0.25, 0.3) is 0 Å². The molecule has 1 fully saturated rings. The summed E-state index contributed by atoms with van der Waals surface area (Å²) in [5.74, 6) is 0. The van der Waals surface area contributed by atoms with Gasteiger partial charge in [0.15, 0.2) is 0 Å². The second kappa shape index (κ2) is 2.83. The van der Waals surface area contributed by atoms with Crippen LogP contribution in [-0.4, -0.2) is 14.7 Å². The standard InChI is InChI=1S/C11H18N2O/c1-10(2)5-4-6-11(10,14)9-7-13(3)8-12-9/h7-8,14H,4-6H2,1-3H3. The molecular weight excluding hydrogens is 176 g/mol. The van der Waals surface area contributed by atoms with Crippen LogP contribution in [0.3, 0.4) is 0 Å². The molecule has 0 bridgehead atoms. The molecule has 2 rings (SSSR count). The van der Waals surface area contributed by atoms with E-state index in [-0.39, 0.29) is 5.41 Å². The molecular formula is C11H18N2O. The van der Waals surface area contributed by atoms with Crippen LogP contribution in [0, 0.1) is 5.41 Å². The van der Waals surface area contributed by atoms with Gasteiger partial charge in [-0.1, -0.05) is 13.8 Å². The van der Waals surface area contributed by atoms with E-state index in [1.807, 2.05) is 17.8 Å². The molecule has 0 aromatic carbocycles. The van der Waals surface area contributed by atoms with E-state index in [0.29, 0.717) is 0 Å². The monoisotopic (exact) mass is 194 g/mol. The largest absolute Gasteiger partial charge is 0.383 e. The van der Waals surface area contributed by atoms with Crippen LogP contribution in [0.5, 0.6) is 0 Å². The summed E-state index contributed by atoms with van der Waals surface area (Å²) in [5.41, 5.74) is 0.0396. The maximum Gasteiger partial charge on any atom is 0.113 e. The number of aliphatic hydroxyl groups is 1. The first-order valence-electron chi connectivity index (χ1n) is 5.16. The summed E-state index contributed by atoms with van der Waals surface area (Å²) >= 11 is 0. The zero-order chi connectivity index (χ0) is 10.4. The molecule has 1 unspecified atom stereocenters. The topological polar surface area (TPSA) is 38.0 Å². The minimum Gasteiger partial charge on any atom is -0.383 e. The zero-order valence-electron chi connectivity index (χ0n) is 9.12. The van der Waals surface area contributed by atoms with Gasteiger partial charge in [-0.3, -0.25) is 0 Å². The molecule has 1 saturated carbocycles. The Morgan fingerprint density at radius 1 is 1.43 bits per heavy atom. The van der Waals surface area contributed by atoms with Crippen LogP contribution in [0.1, 0.15) is 38.8 Å². The van der Waals surface area contributed by atoms with Crippen LogP contribution in [-0.2, 0) is 12.6 Å². The van der Waals surface area contributed by atoms with Crippen molar-refractivity contribution in [2.45, 2.75) is 38.7 Å². The van der Waals surface area contributed by atoms with E-state index in [4.69, 9.17) is 0 Å². The van der Waals surface area contributed by atoms with E-state index in [1.165, 1.54) is 0 Å². The van der Waals surface area contributed by atoms with Gasteiger partial charge in [-0.25, -0.2) is 4.98 Å². The molecule has 0 radical (unpaired) electrons. The Hall–Kier alpha value is -0.830. The summed E-state index contributed by atoms with van der Waals surface area (Å²) in [4.78, 5) is 4.28. The average Bonchev–Trinajstić information content (AvgIpc) is 2.60. The van der Waals surface area contributed by atoms with Gasteiger partial charge in [0.2, 0.25) is 0 Å². The quantitative estimate of drug-likeness (QED) is 0.740. The van der Waals surface area contributed by atoms with E-state index < -0.39 is 5.60 Å². The van der Waals surface area contributed by atoms with Crippen molar-refractivity contribution in [3.63, 3.8) is 0 Å². The fraction of sp³-hybridized carbons (Fsp3) is 0.727. The Kier molecular flexibility index (Phi) is 1.96. The maximum atomic E-state index is 10.6. The number of aromatic nitrogens is 2. The summed E-state index contributed by atoms with van der Waals surface area (Å²) in [6.07, 6.45) is 6.66. The summed E-state index contributed by atoms with van der Waals surface area (Å²) in [6.45, 7) is 4.24. The van der Waals surface area contributed by atoms with E-state index >= 15 is 0 Å². The van der Waals surface area contributed by atoms with Crippen molar-refractivity contribution in [1.29, 1.82) is 0 Å². The lowest BCUT2D eigenvalue weighted by atomic mass is 9.76. The molecule has 1 heterocycles. The Balaban J connectivity index is 2.41. The predicted octanol–water partition coefficient (Wildman–Crippen LogP) is 1.82. The van der Waals surface area contributed by atoms with Crippen molar-refractivity contribution in [3.05, 3.63) is 18.2 Å². The minimum absolute atomic E-state index is 0.0542. The number of aryl methyl sites for hydroxylation is 1. The first-order chi connectivity index (χ1) is 6.46. The Morgan fingerprint density at radius 3 is 2.57 bits per heavy atom. The molecule has 1 aliphatic carbocycles. The van der Waals surface area contributed by atoms with Gasteiger partial charge in [0.25, 0.3) is 0 Å². The Labute approximate surface area is 84.8 Å². The maximum absolute atomic E-state index is 10.6. The first-order valence-corrected chi connectivity index (χ1v) is 5.16. The molecule has 3 nitrogen and oxygen atoms in total. The number of hydrogen-bond donors (Lipinski definition) is 1. The van der Waals surface area contributed by atoms with Crippen molar-refractivity contribution < 1.29 is 5.11 Å². The zero-order valence-corrected chi connectivity index (χ0v) is 9.12. The van der Waals surface area contributed by atoms with Gasteiger partial charge in [-0.15, -0.1) is 0 Å². The van der Waals surface area contributed by atoms with Crippen LogP contribution in [0.15, 0.2) is 12.5 Å². The number of hydrogen-bond acceptors (Lipinski definition) is 2. The molecule has 0 spiro atoms. The van der Waals surface area contributed by atoms with Gasteiger partial charge in [0.05, 0.1) is 12.0 Å². The summed E-state index contributed by atoms with van der Waals surface area (Å²) in [7, 11) is 1.93. The highest BCUT2D eigenvalue weighted by Gasteiger charge is 2.49. The highest BCUT2D eigenvalue weighted by atomic mass is 16.3. The van der Waals surface area contributed by atoms with Gasteiger partial charge in [-0.05, 0) is 24.7 Å². The van der Waals surface area contributed by atoms with Crippen molar-refractivity contribution in [2.75, 3.05) is 0 Å². The van der Waals surface area contributed by atoms with E-state index in [2.05, 4.69) is 18.8 Å². The average molecular weight is 194 g/mol. The van der Waals surface area contributed by atoms with E-state index in [1.54, 1.807) is 6.33 Å². The van der Waals surface area contributed by atoms with E-state index in [9.17, 15) is 5.11 Å². The molecule has 3 heteroatoms. The molecule has 1 aromatic rings. The smallest absolute Gasteiger partial charge is 0.113 e. The fourth-order valence-electron chi connectivity index (χ4n) is 2.43. The van der Waals surface area contributed by atoms with Crippen molar-refractivity contribution in [1.82, 2.24) is 9.55 Å². The van der Waals surface area contributed by atoms with Gasteiger partial charge in [0, 0.05) is 13.2 Å². The molecule has 0 amide bonds. The highest BCUT2D eigenvalue weighted by Crippen LogP contribution is 2.51. The third-order valence-corrected chi connectivity index (χ3v) is 3.59. The second-order valence-corrected chi connectivity index (χ2v) is 5.02. The SMILES string of the molecule is Cn1cnc(C2(O)CCCC2(C)C)c1. The lowest BCUT2D eigenvalue weighted by Gasteiger charge is -2.35. The van der Waals surface area contributed by atoms with Crippen molar-refractivity contribution in [2.24, 2.45) is 12.5 Å². The molecule has 1 aliphatic rings. The van der Waals surface area contributed by atoms with E-state index in [0.717, 1.165) is 25.0 Å². The Bertz CT molecular complexity index is 343. The van der Waals surface area contributed by atoms with Gasteiger partial charge >= 0.3 is 0 Å². The molecule has 0 saturated heterocycles. The van der Waals surface area contributed by atoms with Gasteiger partial charge in [-0.2, -0.15) is 0 Å². The molecule has 1 aromatic heterocycles. The third kappa shape index (κ3) is 1.19. The van der Waals surface area contributed by atoms with Crippen LogP contribution in [0.4, 0.5) is 0 Å².